The fourth-order valence-electron chi connectivity index (χ4n) is 3.77. The van der Waals surface area contributed by atoms with Crippen LogP contribution < -0.4 is 10.6 Å². The molecule has 0 saturated carbocycles. The highest BCUT2D eigenvalue weighted by Gasteiger charge is 2.49. The van der Waals surface area contributed by atoms with Crippen molar-refractivity contribution in [2.75, 3.05) is 41.4 Å². The van der Waals surface area contributed by atoms with E-state index in [1.54, 1.807) is 62.4 Å². The molecule has 2 aromatic rings. The molecule has 0 aliphatic carbocycles. The fraction of sp³-hybridized carbons (Fsp3) is 0.419. The molecule has 0 aromatic heterocycles. The van der Waals surface area contributed by atoms with Crippen molar-refractivity contribution >= 4 is 80.7 Å². The number of halogens is 2. The van der Waals surface area contributed by atoms with Crippen molar-refractivity contribution in [1.82, 2.24) is 20.4 Å². The smallest absolute Gasteiger partial charge is 0.341 e. The van der Waals surface area contributed by atoms with Gasteiger partial charge in [0.1, 0.15) is 0 Å². The molecule has 0 saturated heterocycles. The Morgan fingerprint density at radius 3 is 1.13 bits per heavy atom. The Balaban J connectivity index is 0.000000842. The van der Waals surface area contributed by atoms with E-state index in [0.29, 0.717) is 11.1 Å². The number of hydrogen-bond donors (Lipinski definition) is 2. The minimum atomic E-state index is -1.73. The second kappa shape index (κ2) is 18.6. The minimum absolute atomic E-state index is 0. The van der Waals surface area contributed by atoms with Gasteiger partial charge in [-0.05, 0) is 121 Å². The van der Waals surface area contributed by atoms with Crippen molar-refractivity contribution in [3.05, 3.63) is 66.8 Å². The van der Waals surface area contributed by atoms with Gasteiger partial charge in [0.05, 0.1) is 13.2 Å². The Labute approximate surface area is 292 Å². The summed E-state index contributed by atoms with van der Waals surface area (Å²) in [5.74, 6) is -3.61. The molecular formula is C31H42I2N4O8. The lowest BCUT2D eigenvalue weighted by atomic mass is 9.98. The van der Waals surface area contributed by atoms with Crippen LogP contribution in [0.1, 0.15) is 55.8 Å². The van der Waals surface area contributed by atoms with Gasteiger partial charge in [0.25, 0.3) is 23.6 Å². The molecule has 2 atom stereocenters. The summed E-state index contributed by atoms with van der Waals surface area (Å²) in [6.07, 6.45) is 0. The monoisotopic (exact) mass is 852 g/mol. The molecule has 2 N–H and O–H groups in total. The molecule has 12 nitrogen and oxygen atoms in total. The van der Waals surface area contributed by atoms with Gasteiger partial charge in [-0.3, -0.25) is 19.2 Å². The topological polar surface area (TPSA) is 151 Å². The number of amides is 4. The maximum absolute atomic E-state index is 12.6. The molecule has 0 fully saturated rings. The van der Waals surface area contributed by atoms with Gasteiger partial charge in [0, 0.05) is 46.5 Å². The van der Waals surface area contributed by atoms with Crippen molar-refractivity contribution in [3.63, 3.8) is 0 Å². The number of nitrogens with zero attached hydrogens (tertiary/aromatic N) is 2. The molecule has 2 aromatic carbocycles. The third-order valence-corrected chi connectivity index (χ3v) is 8.26. The van der Waals surface area contributed by atoms with Gasteiger partial charge in [0.2, 0.25) is 11.1 Å². The summed E-state index contributed by atoms with van der Waals surface area (Å²) in [4.78, 5) is 76.1. The van der Waals surface area contributed by atoms with Crippen LogP contribution in [0.25, 0.3) is 0 Å². The number of carbonyl (C=O) groups excluding carboxylic acids is 6. The lowest BCUT2D eigenvalue weighted by Gasteiger charge is -2.34. The molecule has 2 rings (SSSR count). The van der Waals surface area contributed by atoms with Crippen LogP contribution in [-0.2, 0) is 28.7 Å². The van der Waals surface area contributed by atoms with Crippen LogP contribution in [0.15, 0.2) is 48.5 Å². The standard InChI is InChI=1S/2C15H19IN2O4.CH4/c2*1-5-22-14(21)15(2,13(20)17-3)18(4)12(19)10-6-8-11(16)9-7-10;/h2*6-9H,5H2,1-4H3,(H,17,20);1H4/t15-;;/m0../s1. The average Bonchev–Trinajstić information content (AvgIpc) is 3.02. The molecular weight excluding hydrogens is 810 g/mol. The summed E-state index contributed by atoms with van der Waals surface area (Å²) < 4.78 is 11.9. The van der Waals surface area contributed by atoms with Crippen molar-refractivity contribution in [2.45, 2.75) is 46.2 Å². The summed E-state index contributed by atoms with van der Waals surface area (Å²) in [6.45, 7) is 6.27. The quantitative estimate of drug-likeness (QED) is 0.210. The third-order valence-electron chi connectivity index (χ3n) is 6.82. The van der Waals surface area contributed by atoms with Crippen molar-refractivity contribution in [2.24, 2.45) is 0 Å². The van der Waals surface area contributed by atoms with E-state index in [0.717, 1.165) is 16.9 Å². The number of nitrogens with one attached hydrogen (secondary N) is 2. The Hall–Kier alpha value is -3.28. The largest absolute Gasteiger partial charge is 0.464 e. The molecule has 0 radical (unpaired) electrons. The first-order valence-corrected chi connectivity index (χ1v) is 15.6. The van der Waals surface area contributed by atoms with Crippen LogP contribution in [0.4, 0.5) is 0 Å². The molecule has 0 heterocycles. The third kappa shape index (κ3) is 9.85. The Morgan fingerprint density at radius 2 is 0.911 bits per heavy atom. The van der Waals surface area contributed by atoms with Crippen LogP contribution in [-0.4, -0.2) is 97.8 Å². The van der Waals surface area contributed by atoms with Gasteiger partial charge in [-0.2, -0.15) is 0 Å². The highest BCUT2D eigenvalue weighted by molar-refractivity contribution is 14.1. The lowest BCUT2D eigenvalue weighted by molar-refractivity contribution is -0.161. The van der Waals surface area contributed by atoms with E-state index < -0.39 is 46.6 Å². The maximum atomic E-state index is 12.6. The van der Waals surface area contributed by atoms with Gasteiger partial charge in [-0.25, -0.2) is 9.59 Å². The Bertz CT molecular complexity index is 1250. The van der Waals surface area contributed by atoms with Crippen molar-refractivity contribution < 1.29 is 38.2 Å². The highest BCUT2D eigenvalue weighted by atomic mass is 127. The summed E-state index contributed by atoms with van der Waals surface area (Å²) in [5.41, 5.74) is -2.68. The normalized spacial score (nSPS) is 12.7. The first-order valence-electron chi connectivity index (χ1n) is 13.4. The number of hydrogen-bond acceptors (Lipinski definition) is 8. The molecule has 0 bridgehead atoms. The van der Waals surface area contributed by atoms with E-state index in [1.807, 2.05) is 0 Å². The van der Waals surface area contributed by atoms with Gasteiger partial charge < -0.3 is 29.9 Å². The SMILES string of the molecule is C.CCOC(=O)C(C)(C(=O)NC)N(C)C(=O)c1ccc(I)cc1.CCOC(=O)[C@](C)(C(=O)NC)N(C)C(=O)c1ccc(I)cc1. The van der Waals surface area contributed by atoms with Crippen molar-refractivity contribution in [1.29, 1.82) is 0 Å². The molecule has 248 valence electrons. The highest BCUT2D eigenvalue weighted by Crippen LogP contribution is 2.21. The molecule has 0 aliphatic heterocycles. The summed E-state index contributed by atoms with van der Waals surface area (Å²) in [5, 5.41) is 4.81. The second-order valence-corrected chi connectivity index (χ2v) is 12.0. The van der Waals surface area contributed by atoms with Crippen LogP contribution >= 0.6 is 45.2 Å². The minimum Gasteiger partial charge on any atom is -0.464 e. The average molecular weight is 853 g/mol. The first kappa shape index (κ1) is 41.7. The molecule has 4 amide bonds. The van der Waals surface area contributed by atoms with Crippen LogP contribution in [0.5, 0.6) is 0 Å². The molecule has 1 unspecified atom stereocenters. The van der Waals surface area contributed by atoms with Gasteiger partial charge in [-0.1, -0.05) is 7.43 Å². The van der Waals surface area contributed by atoms with E-state index in [1.165, 1.54) is 42.0 Å². The molecule has 0 spiro atoms. The number of likely N-dealkylation sites (N-methyl/N-ethyl adjacent to an activating group) is 4. The van der Waals surface area contributed by atoms with Crippen molar-refractivity contribution in [3.8, 4) is 0 Å². The summed E-state index contributed by atoms with van der Waals surface area (Å²) >= 11 is 4.26. The maximum Gasteiger partial charge on any atom is 0.341 e. The van der Waals surface area contributed by atoms with Crippen LogP contribution in [0, 0.1) is 7.14 Å². The predicted octanol–water partition coefficient (Wildman–Crippen LogP) is 3.50. The van der Waals surface area contributed by atoms with E-state index in [-0.39, 0.29) is 20.6 Å². The lowest BCUT2D eigenvalue weighted by Crippen LogP contribution is -2.62. The van der Waals surface area contributed by atoms with Gasteiger partial charge >= 0.3 is 11.9 Å². The van der Waals surface area contributed by atoms with Crippen LogP contribution in [0.2, 0.25) is 0 Å². The van der Waals surface area contributed by atoms with E-state index in [9.17, 15) is 28.8 Å². The number of benzene rings is 2. The summed E-state index contributed by atoms with van der Waals surface area (Å²) in [6, 6.07) is 13.7. The van der Waals surface area contributed by atoms with E-state index in [2.05, 4.69) is 55.8 Å². The van der Waals surface area contributed by atoms with Gasteiger partial charge in [-0.15, -0.1) is 0 Å². The Morgan fingerprint density at radius 1 is 0.644 bits per heavy atom. The number of esters is 2. The number of carbonyl (C=O) groups is 6. The Kier molecular flexibility index (Phi) is 17.3. The van der Waals surface area contributed by atoms with E-state index >= 15 is 0 Å². The van der Waals surface area contributed by atoms with Gasteiger partial charge in [0.15, 0.2) is 0 Å². The first-order chi connectivity index (χ1) is 20.6. The van der Waals surface area contributed by atoms with E-state index in [4.69, 9.17) is 9.47 Å². The zero-order valence-corrected chi connectivity index (χ0v) is 30.3. The summed E-state index contributed by atoms with van der Waals surface area (Å²) in [7, 11) is 5.63. The zero-order valence-electron chi connectivity index (χ0n) is 25.9. The second-order valence-electron chi connectivity index (χ2n) is 9.49. The zero-order chi connectivity index (χ0) is 33.8. The predicted molar refractivity (Wildman–Crippen MR) is 187 cm³/mol. The number of ether oxygens (including phenoxy) is 2. The van der Waals surface area contributed by atoms with Crippen LogP contribution in [0.3, 0.4) is 0 Å². The molecule has 14 heteroatoms. The molecule has 0 aliphatic rings. The fourth-order valence-corrected chi connectivity index (χ4v) is 4.49. The molecule has 45 heavy (non-hydrogen) atoms. The number of rotatable bonds is 10.